The van der Waals surface area contributed by atoms with Crippen molar-refractivity contribution in [2.24, 2.45) is 0 Å². The Bertz CT molecular complexity index is 3160. The van der Waals surface area contributed by atoms with Crippen LogP contribution < -0.4 is 4.90 Å². The summed E-state index contributed by atoms with van der Waals surface area (Å²) >= 11 is 0. The lowest BCUT2D eigenvalue weighted by molar-refractivity contribution is 0.670. The van der Waals surface area contributed by atoms with Crippen molar-refractivity contribution in [3.8, 4) is 55.6 Å². The normalized spacial score (nSPS) is 11.3. The Balaban J connectivity index is 1.01. The SMILES string of the molecule is c1ccc(-c2ccc(-c3cc4ccccc4c4c3oc3cccc(-c5ccc(N(c6ccc(-c7ccccc7)cc6)c6ccc(-c7ccccc7)cc6)cc5)c34)cc2)cc1. The van der Waals surface area contributed by atoms with Gasteiger partial charge in [0.15, 0.2) is 0 Å². The lowest BCUT2D eigenvalue weighted by atomic mass is 9.93. The molecule has 0 fully saturated rings. The van der Waals surface area contributed by atoms with E-state index in [4.69, 9.17) is 4.42 Å². The van der Waals surface area contributed by atoms with Gasteiger partial charge in [-0.15, -0.1) is 0 Å². The predicted molar refractivity (Wildman–Crippen MR) is 253 cm³/mol. The second kappa shape index (κ2) is 15.1. The topological polar surface area (TPSA) is 16.4 Å². The van der Waals surface area contributed by atoms with Crippen LogP contribution in [-0.4, -0.2) is 0 Å². The fourth-order valence-corrected chi connectivity index (χ4v) is 8.70. The zero-order valence-electron chi connectivity index (χ0n) is 32.9. The Labute approximate surface area is 349 Å². The zero-order chi connectivity index (χ0) is 39.8. The van der Waals surface area contributed by atoms with E-state index < -0.39 is 0 Å². The van der Waals surface area contributed by atoms with Crippen LogP contribution in [0.3, 0.4) is 0 Å². The summed E-state index contributed by atoms with van der Waals surface area (Å²) < 4.78 is 6.88. The highest BCUT2D eigenvalue weighted by Gasteiger charge is 2.20. The lowest BCUT2D eigenvalue weighted by Gasteiger charge is -2.26. The summed E-state index contributed by atoms with van der Waals surface area (Å²) in [6.45, 7) is 0. The van der Waals surface area contributed by atoms with Gasteiger partial charge in [0.1, 0.15) is 11.2 Å². The predicted octanol–water partition coefficient (Wildman–Crippen LogP) is 16.5. The van der Waals surface area contributed by atoms with Crippen molar-refractivity contribution < 1.29 is 4.42 Å². The first-order chi connectivity index (χ1) is 29.7. The van der Waals surface area contributed by atoms with E-state index in [0.29, 0.717) is 0 Å². The fraction of sp³-hybridized carbons (Fsp3) is 0. The number of furan rings is 1. The Morgan fingerprint density at radius 2 is 0.683 bits per heavy atom. The third kappa shape index (κ3) is 6.41. The Kier molecular flexibility index (Phi) is 8.87. The molecule has 0 amide bonds. The Morgan fingerprint density at radius 1 is 0.283 bits per heavy atom. The number of fused-ring (bicyclic) bond motifs is 5. The summed E-state index contributed by atoms with van der Waals surface area (Å²) in [4.78, 5) is 2.34. The van der Waals surface area contributed by atoms with Gasteiger partial charge in [0.25, 0.3) is 0 Å². The summed E-state index contributed by atoms with van der Waals surface area (Å²) in [5, 5.41) is 4.64. The minimum absolute atomic E-state index is 0.878. The van der Waals surface area contributed by atoms with Gasteiger partial charge in [0, 0.05) is 33.4 Å². The summed E-state index contributed by atoms with van der Waals surface area (Å²) in [6, 6.07) is 84.6. The van der Waals surface area contributed by atoms with Crippen molar-refractivity contribution >= 4 is 49.8 Å². The quantitative estimate of drug-likeness (QED) is 0.153. The van der Waals surface area contributed by atoms with E-state index in [1.165, 1.54) is 44.2 Å². The van der Waals surface area contributed by atoms with E-state index in [1.54, 1.807) is 0 Å². The zero-order valence-corrected chi connectivity index (χ0v) is 32.9. The van der Waals surface area contributed by atoms with Crippen molar-refractivity contribution in [1.29, 1.82) is 0 Å². The van der Waals surface area contributed by atoms with Gasteiger partial charge in [-0.1, -0.05) is 188 Å². The molecule has 10 aromatic carbocycles. The van der Waals surface area contributed by atoms with Gasteiger partial charge in [-0.2, -0.15) is 0 Å². The molecule has 0 bridgehead atoms. The molecule has 0 atom stereocenters. The van der Waals surface area contributed by atoms with E-state index in [2.05, 4.69) is 241 Å². The molecule has 0 N–H and O–H groups in total. The molecule has 0 aliphatic rings. The molecule has 282 valence electrons. The van der Waals surface area contributed by atoms with Gasteiger partial charge in [-0.05, 0) is 109 Å². The molecule has 60 heavy (non-hydrogen) atoms. The van der Waals surface area contributed by atoms with Crippen molar-refractivity contribution in [2.45, 2.75) is 0 Å². The summed E-state index contributed by atoms with van der Waals surface area (Å²) in [6.07, 6.45) is 0. The second-order valence-corrected chi connectivity index (χ2v) is 15.3. The van der Waals surface area contributed by atoms with E-state index in [9.17, 15) is 0 Å². The maximum atomic E-state index is 6.88. The first-order valence-electron chi connectivity index (χ1n) is 20.5. The van der Waals surface area contributed by atoms with Gasteiger partial charge >= 0.3 is 0 Å². The van der Waals surface area contributed by atoms with E-state index in [0.717, 1.165) is 61.3 Å². The van der Waals surface area contributed by atoms with Crippen LogP contribution in [0.4, 0.5) is 17.1 Å². The maximum Gasteiger partial charge on any atom is 0.143 e. The summed E-state index contributed by atoms with van der Waals surface area (Å²) in [5.41, 5.74) is 16.7. The fourth-order valence-electron chi connectivity index (χ4n) is 8.70. The lowest BCUT2D eigenvalue weighted by Crippen LogP contribution is -2.09. The van der Waals surface area contributed by atoms with Crippen molar-refractivity contribution in [1.82, 2.24) is 0 Å². The van der Waals surface area contributed by atoms with Crippen molar-refractivity contribution in [3.63, 3.8) is 0 Å². The molecule has 2 heteroatoms. The number of rotatable bonds is 8. The minimum atomic E-state index is 0.878. The largest absolute Gasteiger partial charge is 0.455 e. The van der Waals surface area contributed by atoms with Gasteiger partial charge < -0.3 is 9.32 Å². The molecule has 11 rings (SSSR count). The number of hydrogen-bond donors (Lipinski definition) is 0. The summed E-state index contributed by atoms with van der Waals surface area (Å²) in [7, 11) is 0. The third-order valence-corrected chi connectivity index (χ3v) is 11.7. The summed E-state index contributed by atoms with van der Waals surface area (Å²) in [5.74, 6) is 0. The first-order valence-corrected chi connectivity index (χ1v) is 20.5. The maximum absolute atomic E-state index is 6.88. The van der Waals surface area contributed by atoms with Crippen LogP contribution in [0.25, 0.3) is 88.3 Å². The molecule has 2 nitrogen and oxygen atoms in total. The van der Waals surface area contributed by atoms with Crippen LogP contribution in [0.5, 0.6) is 0 Å². The molecule has 0 radical (unpaired) electrons. The number of nitrogens with zero attached hydrogens (tertiary/aromatic N) is 1. The van der Waals surface area contributed by atoms with Crippen LogP contribution >= 0.6 is 0 Å². The van der Waals surface area contributed by atoms with E-state index >= 15 is 0 Å². The molecule has 0 saturated carbocycles. The molecule has 0 aliphatic heterocycles. The highest BCUT2D eigenvalue weighted by Crippen LogP contribution is 2.45. The standard InChI is InChI=1S/C58H39NO/c1-4-13-40(14-5-1)43-23-25-47(26-24-43)54-39-48-19-10-11-20-53(48)57-56-52(21-12-22-55(56)60-58(54)57)46-31-37-51(38-32-46)59(49-33-27-44(28-34-49)41-15-6-2-7-16-41)50-35-29-45(30-36-50)42-17-8-3-9-18-42/h1-39H. The Morgan fingerprint density at radius 3 is 1.20 bits per heavy atom. The van der Waals surface area contributed by atoms with Gasteiger partial charge in [0.2, 0.25) is 0 Å². The van der Waals surface area contributed by atoms with Crippen molar-refractivity contribution in [2.75, 3.05) is 4.90 Å². The Hall–Kier alpha value is -7.94. The molecule has 11 aromatic rings. The van der Waals surface area contributed by atoms with E-state index in [-0.39, 0.29) is 0 Å². The van der Waals surface area contributed by atoms with Crippen LogP contribution in [0.15, 0.2) is 241 Å². The molecule has 1 aromatic heterocycles. The molecular weight excluding hydrogens is 727 g/mol. The average molecular weight is 766 g/mol. The van der Waals surface area contributed by atoms with Gasteiger partial charge in [-0.25, -0.2) is 0 Å². The van der Waals surface area contributed by atoms with E-state index in [1.807, 2.05) is 0 Å². The average Bonchev–Trinajstić information content (AvgIpc) is 3.74. The third-order valence-electron chi connectivity index (χ3n) is 11.7. The molecule has 0 spiro atoms. The van der Waals surface area contributed by atoms with Crippen LogP contribution in [0.2, 0.25) is 0 Å². The van der Waals surface area contributed by atoms with Crippen LogP contribution in [0, 0.1) is 0 Å². The van der Waals surface area contributed by atoms with Crippen LogP contribution in [0.1, 0.15) is 0 Å². The molecule has 0 unspecified atom stereocenters. The minimum Gasteiger partial charge on any atom is -0.455 e. The highest BCUT2D eigenvalue weighted by atomic mass is 16.3. The van der Waals surface area contributed by atoms with Gasteiger partial charge in [0.05, 0.1) is 0 Å². The molecule has 1 heterocycles. The second-order valence-electron chi connectivity index (χ2n) is 15.3. The highest BCUT2D eigenvalue weighted by molar-refractivity contribution is 6.25. The molecular formula is C58H39NO. The monoisotopic (exact) mass is 765 g/mol. The van der Waals surface area contributed by atoms with Crippen LogP contribution in [-0.2, 0) is 0 Å². The molecule has 0 aliphatic carbocycles. The smallest absolute Gasteiger partial charge is 0.143 e. The molecule has 0 saturated heterocycles. The van der Waals surface area contributed by atoms with Gasteiger partial charge in [-0.3, -0.25) is 0 Å². The number of hydrogen-bond acceptors (Lipinski definition) is 2. The first kappa shape index (κ1) is 35.2. The number of benzene rings is 10. The number of anilines is 3. The van der Waals surface area contributed by atoms with Crippen molar-refractivity contribution in [3.05, 3.63) is 237 Å².